The highest BCUT2D eigenvalue weighted by Crippen LogP contribution is 2.14. The van der Waals surface area contributed by atoms with Crippen LogP contribution in [0.3, 0.4) is 0 Å². The largest absolute Gasteiger partial charge is 0.312 e. The van der Waals surface area contributed by atoms with Crippen LogP contribution in [-0.2, 0) is 6.32 Å². The van der Waals surface area contributed by atoms with Gasteiger partial charge in [-0.2, -0.15) is 0 Å². The maximum absolute atomic E-state index is 6.07. The van der Waals surface area contributed by atoms with Crippen molar-refractivity contribution in [3.8, 4) is 0 Å². The molecule has 0 N–H and O–H groups in total. The van der Waals surface area contributed by atoms with Crippen molar-refractivity contribution in [2.45, 2.75) is 6.32 Å². The summed E-state index contributed by atoms with van der Waals surface area (Å²) in [4.78, 5) is 2.00. The van der Waals surface area contributed by atoms with E-state index in [4.69, 9.17) is 11.6 Å². The van der Waals surface area contributed by atoms with Crippen molar-refractivity contribution in [3.05, 3.63) is 65.2 Å². The van der Waals surface area contributed by atoms with Crippen LogP contribution in [0.25, 0.3) is 0 Å². The third-order valence-electron chi connectivity index (χ3n) is 2.32. The summed E-state index contributed by atoms with van der Waals surface area (Å²) in [5, 5.41) is 0.838. The van der Waals surface area contributed by atoms with Gasteiger partial charge in [0.2, 0.25) is 0 Å². The lowest BCUT2D eigenvalue weighted by atomic mass is 9.65. The molecule has 0 aliphatic carbocycles. The van der Waals surface area contributed by atoms with E-state index >= 15 is 0 Å². The molecule has 3 heteroatoms. The Kier molecular flexibility index (Phi) is 7.31. The first kappa shape index (κ1) is 15.8. The number of hydrogen-bond donors (Lipinski definition) is 0. The number of benzene rings is 2. The van der Waals surface area contributed by atoms with Crippen molar-refractivity contribution in [1.29, 1.82) is 0 Å². The van der Waals surface area contributed by atoms with Crippen molar-refractivity contribution >= 4 is 24.3 Å². The summed E-state index contributed by atoms with van der Waals surface area (Å²) in [6, 6.07) is 18.2. The number of nitrogens with zero attached hydrogens (tertiary/aromatic N) is 1. The van der Waals surface area contributed by atoms with Gasteiger partial charge in [-0.25, -0.2) is 0 Å². The van der Waals surface area contributed by atoms with E-state index in [9.17, 15) is 0 Å². The molecule has 99 valence electrons. The van der Waals surface area contributed by atoms with Gasteiger partial charge in [-0.3, -0.25) is 0 Å². The molecule has 0 fully saturated rings. The van der Waals surface area contributed by atoms with Crippen molar-refractivity contribution < 1.29 is 0 Å². The molecule has 1 radical (unpaired) electrons. The smallest absolute Gasteiger partial charge is 0.156 e. The van der Waals surface area contributed by atoms with Crippen LogP contribution in [-0.4, -0.2) is 33.3 Å². The Morgan fingerprint density at radius 1 is 0.895 bits per heavy atom. The summed E-state index contributed by atoms with van der Waals surface area (Å²) in [7, 11) is 8.18. The van der Waals surface area contributed by atoms with E-state index in [1.807, 2.05) is 62.4 Å². The summed E-state index contributed by atoms with van der Waals surface area (Å²) < 4.78 is 0. The summed E-state index contributed by atoms with van der Waals surface area (Å²) in [6.07, 6.45) is 0.879. The Morgan fingerprint density at radius 3 is 2.00 bits per heavy atom. The Balaban J connectivity index is 0.000000399. The quantitative estimate of drug-likeness (QED) is 0.776. The molecule has 0 spiro atoms. The topological polar surface area (TPSA) is 3.24 Å². The van der Waals surface area contributed by atoms with Gasteiger partial charge in [-0.1, -0.05) is 65.6 Å². The molecule has 0 atom stereocenters. The summed E-state index contributed by atoms with van der Waals surface area (Å²) in [6.45, 7) is 0. The van der Waals surface area contributed by atoms with E-state index < -0.39 is 0 Å². The van der Waals surface area contributed by atoms with Crippen LogP contribution in [0.5, 0.6) is 0 Å². The third-order valence-corrected chi connectivity index (χ3v) is 2.68. The summed E-state index contributed by atoms with van der Waals surface area (Å²) >= 11 is 6.07. The number of hydrogen-bond acceptors (Lipinski definition) is 1. The molecule has 0 aliphatic heterocycles. The number of rotatable bonds is 3. The van der Waals surface area contributed by atoms with Crippen molar-refractivity contribution in [2.24, 2.45) is 0 Å². The molecule has 0 unspecified atom stereocenters. The van der Waals surface area contributed by atoms with Crippen LogP contribution in [0.2, 0.25) is 5.02 Å². The van der Waals surface area contributed by atoms with Gasteiger partial charge < -0.3 is 4.90 Å². The fourth-order valence-corrected chi connectivity index (χ4v) is 1.69. The average Bonchev–Trinajstić information content (AvgIpc) is 2.38. The van der Waals surface area contributed by atoms with E-state index in [-0.39, 0.29) is 0 Å². The second-order valence-electron chi connectivity index (χ2n) is 4.75. The van der Waals surface area contributed by atoms with Gasteiger partial charge in [0.05, 0.1) is 0 Å². The zero-order valence-corrected chi connectivity index (χ0v) is 12.6. The van der Waals surface area contributed by atoms with Gasteiger partial charge in [0.25, 0.3) is 0 Å². The van der Waals surface area contributed by atoms with E-state index in [0.717, 1.165) is 11.3 Å². The molecule has 19 heavy (non-hydrogen) atoms. The molecule has 0 aliphatic rings. The maximum Gasteiger partial charge on any atom is 0.156 e. The molecule has 2 aromatic carbocycles. The van der Waals surface area contributed by atoms with Gasteiger partial charge in [0.1, 0.15) is 0 Å². The van der Waals surface area contributed by atoms with Gasteiger partial charge in [0, 0.05) is 5.02 Å². The van der Waals surface area contributed by atoms with E-state index in [1.165, 1.54) is 11.0 Å². The first-order valence-electron chi connectivity index (χ1n) is 6.32. The zero-order valence-electron chi connectivity index (χ0n) is 11.8. The molecule has 2 rings (SSSR count). The minimum Gasteiger partial charge on any atom is -0.312 e. The lowest BCUT2D eigenvalue weighted by Gasteiger charge is -2.02. The maximum atomic E-state index is 6.07. The molecule has 0 saturated carbocycles. The standard InChI is InChI=1S/C13H11BCl.C3H9N/c15-13-9-5-4-6-11(13)10-14-12-7-2-1-3-8-12;1-4(2)3/h1-9H,10H2;1-3H3. The molecule has 0 bridgehead atoms. The van der Waals surface area contributed by atoms with Crippen LogP contribution in [0.1, 0.15) is 5.56 Å². The van der Waals surface area contributed by atoms with Crippen molar-refractivity contribution in [1.82, 2.24) is 4.90 Å². The molecular formula is C16H20BClN. The molecule has 0 amide bonds. The molecule has 0 aromatic heterocycles. The fourth-order valence-electron chi connectivity index (χ4n) is 1.48. The SMILES string of the molecule is CN(C)C.Clc1ccccc1C[B]c1ccccc1. The minimum atomic E-state index is 0.838. The first-order valence-corrected chi connectivity index (χ1v) is 6.70. The Hall–Kier alpha value is -1.25. The van der Waals surface area contributed by atoms with Gasteiger partial charge in [-0.05, 0) is 39.1 Å². The van der Waals surface area contributed by atoms with E-state index in [2.05, 4.69) is 25.5 Å². The molecule has 0 heterocycles. The molecular weight excluding hydrogens is 252 g/mol. The van der Waals surface area contributed by atoms with Crippen LogP contribution in [0.15, 0.2) is 54.6 Å². The Bertz CT molecular complexity index is 468. The van der Waals surface area contributed by atoms with Crippen molar-refractivity contribution in [3.63, 3.8) is 0 Å². The predicted molar refractivity (Wildman–Crippen MR) is 86.6 cm³/mol. The van der Waals surface area contributed by atoms with E-state index in [0.29, 0.717) is 0 Å². The predicted octanol–water partition coefficient (Wildman–Crippen LogP) is 3.05. The highest BCUT2D eigenvalue weighted by molar-refractivity contribution is 6.53. The molecule has 1 nitrogen and oxygen atoms in total. The second-order valence-corrected chi connectivity index (χ2v) is 5.16. The normalized spacial score (nSPS) is 9.74. The zero-order chi connectivity index (χ0) is 14.1. The lowest BCUT2D eigenvalue weighted by molar-refractivity contribution is 0.505. The Morgan fingerprint density at radius 2 is 1.42 bits per heavy atom. The fraction of sp³-hybridized carbons (Fsp3) is 0.250. The Labute approximate surface area is 122 Å². The highest BCUT2D eigenvalue weighted by Gasteiger charge is 2.00. The van der Waals surface area contributed by atoms with Crippen LogP contribution < -0.4 is 5.46 Å². The van der Waals surface area contributed by atoms with Gasteiger partial charge in [0.15, 0.2) is 7.28 Å². The van der Waals surface area contributed by atoms with Gasteiger partial charge in [-0.15, -0.1) is 0 Å². The highest BCUT2D eigenvalue weighted by atomic mass is 35.5. The third kappa shape index (κ3) is 7.04. The minimum absolute atomic E-state index is 0.838. The molecule has 2 aromatic rings. The first-order chi connectivity index (χ1) is 9.09. The number of halogens is 1. The van der Waals surface area contributed by atoms with Crippen molar-refractivity contribution in [2.75, 3.05) is 21.1 Å². The summed E-state index contributed by atoms with van der Waals surface area (Å²) in [5.74, 6) is 0. The van der Waals surface area contributed by atoms with Crippen LogP contribution in [0.4, 0.5) is 0 Å². The summed E-state index contributed by atoms with van der Waals surface area (Å²) in [5.41, 5.74) is 2.40. The van der Waals surface area contributed by atoms with Crippen LogP contribution >= 0.6 is 11.6 Å². The lowest BCUT2D eigenvalue weighted by Crippen LogP contribution is -2.15. The van der Waals surface area contributed by atoms with Crippen LogP contribution in [0, 0.1) is 0 Å². The van der Waals surface area contributed by atoms with Gasteiger partial charge >= 0.3 is 0 Å². The molecule has 0 saturated heterocycles. The average molecular weight is 273 g/mol. The van der Waals surface area contributed by atoms with E-state index in [1.54, 1.807) is 0 Å². The monoisotopic (exact) mass is 272 g/mol. The second kappa shape index (κ2) is 8.79.